The van der Waals surface area contributed by atoms with E-state index in [9.17, 15) is 9.59 Å². The molecule has 2 heterocycles. The number of likely N-dealkylation sites (tertiary alicyclic amines) is 1. The van der Waals surface area contributed by atoms with Crippen LogP contribution < -0.4 is 5.73 Å². The van der Waals surface area contributed by atoms with E-state index >= 15 is 0 Å². The average molecular weight is 296 g/mol. The van der Waals surface area contributed by atoms with E-state index in [0.717, 1.165) is 17.7 Å². The van der Waals surface area contributed by atoms with Gasteiger partial charge in [-0.1, -0.05) is 6.07 Å². The number of piperidine rings is 1. The second kappa shape index (κ2) is 6.85. The number of esters is 1. The summed E-state index contributed by atoms with van der Waals surface area (Å²) < 4.78 is 5.04. The molecule has 2 unspecified atom stereocenters. The lowest BCUT2D eigenvalue weighted by Gasteiger charge is -2.33. The van der Waals surface area contributed by atoms with Crippen LogP contribution >= 0.6 is 11.3 Å². The number of hydrogen-bond acceptors (Lipinski definition) is 5. The van der Waals surface area contributed by atoms with Crippen LogP contribution in [0, 0.1) is 5.92 Å². The normalized spacial score (nSPS) is 20.5. The van der Waals surface area contributed by atoms with E-state index in [1.807, 2.05) is 17.5 Å². The standard InChI is InChI=1S/C14H20N2O3S/c1-2-19-14(18)10-5-3-7-16(9-10)13(17)12(15)11-6-4-8-20-11/h4,6,8,10,12H,2-3,5,7,9,15H2,1H3. The third-order valence-corrected chi connectivity index (χ3v) is 4.42. The molecule has 2 atom stereocenters. The van der Waals surface area contributed by atoms with Gasteiger partial charge in [0.2, 0.25) is 5.91 Å². The Bertz CT molecular complexity index is 461. The number of hydrogen-bond donors (Lipinski definition) is 1. The van der Waals surface area contributed by atoms with Gasteiger partial charge in [-0.2, -0.15) is 0 Å². The fourth-order valence-corrected chi connectivity index (χ4v) is 3.14. The quantitative estimate of drug-likeness (QED) is 0.856. The van der Waals surface area contributed by atoms with Crippen molar-refractivity contribution in [3.8, 4) is 0 Å². The average Bonchev–Trinajstić information content (AvgIpc) is 3.00. The van der Waals surface area contributed by atoms with Gasteiger partial charge in [0, 0.05) is 18.0 Å². The van der Waals surface area contributed by atoms with Gasteiger partial charge in [-0.05, 0) is 31.2 Å². The minimum Gasteiger partial charge on any atom is -0.466 e. The SMILES string of the molecule is CCOC(=O)C1CCCN(C(=O)C(N)c2cccs2)C1. The maximum absolute atomic E-state index is 12.4. The highest BCUT2D eigenvalue weighted by Gasteiger charge is 2.32. The van der Waals surface area contributed by atoms with E-state index in [1.54, 1.807) is 11.8 Å². The van der Waals surface area contributed by atoms with Gasteiger partial charge in [-0.15, -0.1) is 11.3 Å². The van der Waals surface area contributed by atoms with Gasteiger partial charge in [0.1, 0.15) is 6.04 Å². The number of nitrogens with zero attached hydrogens (tertiary/aromatic N) is 1. The summed E-state index contributed by atoms with van der Waals surface area (Å²) in [5, 5.41) is 1.90. The van der Waals surface area contributed by atoms with Gasteiger partial charge < -0.3 is 15.4 Å². The Morgan fingerprint density at radius 2 is 2.40 bits per heavy atom. The first-order valence-corrected chi connectivity index (χ1v) is 7.75. The molecule has 0 radical (unpaired) electrons. The first-order valence-electron chi connectivity index (χ1n) is 6.88. The van der Waals surface area contributed by atoms with Crippen molar-refractivity contribution in [1.82, 2.24) is 4.90 Å². The molecule has 1 aliphatic rings. The number of thiophene rings is 1. The predicted molar refractivity (Wildman–Crippen MR) is 77.2 cm³/mol. The molecule has 110 valence electrons. The molecule has 1 amide bonds. The smallest absolute Gasteiger partial charge is 0.310 e. The van der Waals surface area contributed by atoms with Gasteiger partial charge in [0.25, 0.3) is 0 Å². The Morgan fingerprint density at radius 3 is 3.05 bits per heavy atom. The van der Waals surface area contributed by atoms with Crippen LogP contribution in [-0.2, 0) is 14.3 Å². The van der Waals surface area contributed by atoms with Crippen molar-refractivity contribution in [1.29, 1.82) is 0 Å². The second-order valence-corrected chi connectivity index (χ2v) is 5.85. The van der Waals surface area contributed by atoms with E-state index in [-0.39, 0.29) is 17.8 Å². The zero-order chi connectivity index (χ0) is 14.5. The van der Waals surface area contributed by atoms with Crippen molar-refractivity contribution in [2.75, 3.05) is 19.7 Å². The number of carbonyl (C=O) groups is 2. The van der Waals surface area contributed by atoms with Crippen LogP contribution in [0.25, 0.3) is 0 Å². The Kier molecular flexibility index (Phi) is 5.14. The largest absolute Gasteiger partial charge is 0.466 e. The van der Waals surface area contributed by atoms with Crippen LogP contribution in [0.1, 0.15) is 30.7 Å². The number of amides is 1. The molecule has 6 heteroatoms. The second-order valence-electron chi connectivity index (χ2n) is 4.87. The monoisotopic (exact) mass is 296 g/mol. The molecule has 1 aromatic heterocycles. The zero-order valence-corrected chi connectivity index (χ0v) is 12.4. The summed E-state index contributed by atoms with van der Waals surface area (Å²) in [6, 6.07) is 3.11. The summed E-state index contributed by atoms with van der Waals surface area (Å²) in [6.07, 6.45) is 1.59. The van der Waals surface area contributed by atoms with Crippen molar-refractivity contribution >= 4 is 23.2 Å². The molecular weight excluding hydrogens is 276 g/mol. The number of ether oxygens (including phenoxy) is 1. The van der Waals surface area contributed by atoms with Crippen LogP contribution in [0.15, 0.2) is 17.5 Å². The summed E-state index contributed by atoms with van der Waals surface area (Å²) in [5.74, 6) is -0.542. The third kappa shape index (κ3) is 3.37. The highest BCUT2D eigenvalue weighted by molar-refractivity contribution is 7.10. The lowest BCUT2D eigenvalue weighted by Crippen LogP contribution is -2.46. The minimum atomic E-state index is -0.629. The summed E-state index contributed by atoms with van der Waals surface area (Å²) in [7, 11) is 0. The van der Waals surface area contributed by atoms with Gasteiger partial charge in [0.05, 0.1) is 12.5 Å². The third-order valence-electron chi connectivity index (χ3n) is 3.47. The molecule has 1 saturated heterocycles. The highest BCUT2D eigenvalue weighted by atomic mass is 32.1. The Morgan fingerprint density at radius 1 is 1.60 bits per heavy atom. The molecule has 1 fully saturated rings. The molecule has 2 rings (SSSR count). The van der Waals surface area contributed by atoms with Crippen molar-refractivity contribution in [2.45, 2.75) is 25.8 Å². The van der Waals surface area contributed by atoms with Gasteiger partial charge in [0.15, 0.2) is 0 Å². The molecular formula is C14H20N2O3S. The fraction of sp³-hybridized carbons (Fsp3) is 0.571. The molecule has 20 heavy (non-hydrogen) atoms. The zero-order valence-electron chi connectivity index (χ0n) is 11.6. The Hall–Kier alpha value is -1.40. The maximum atomic E-state index is 12.4. The highest BCUT2D eigenvalue weighted by Crippen LogP contribution is 2.23. The van der Waals surface area contributed by atoms with Crippen LogP contribution in [0.3, 0.4) is 0 Å². The molecule has 0 aromatic carbocycles. The van der Waals surface area contributed by atoms with Crippen molar-refractivity contribution < 1.29 is 14.3 Å². The molecule has 2 N–H and O–H groups in total. The molecule has 0 spiro atoms. The van der Waals surface area contributed by atoms with Crippen LogP contribution in [-0.4, -0.2) is 36.5 Å². The van der Waals surface area contributed by atoms with Crippen LogP contribution in [0.2, 0.25) is 0 Å². The van der Waals surface area contributed by atoms with Crippen molar-refractivity contribution in [2.24, 2.45) is 11.7 Å². The van der Waals surface area contributed by atoms with Crippen molar-refractivity contribution in [3.63, 3.8) is 0 Å². The lowest BCUT2D eigenvalue weighted by atomic mass is 9.97. The summed E-state index contributed by atoms with van der Waals surface area (Å²) >= 11 is 1.47. The molecule has 0 aliphatic carbocycles. The van der Waals surface area contributed by atoms with E-state index in [4.69, 9.17) is 10.5 Å². The van der Waals surface area contributed by atoms with Gasteiger partial charge >= 0.3 is 5.97 Å². The Labute approximate surface area is 122 Å². The maximum Gasteiger partial charge on any atom is 0.310 e. The first kappa shape index (κ1) is 15.0. The molecule has 0 bridgehead atoms. The summed E-state index contributed by atoms with van der Waals surface area (Å²) in [6.45, 7) is 3.24. The van der Waals surface area contributed by atoms with E-state index < -0.39 is 6.04 Å². The van der Waals surface area contributed by atoms with Crippen LogP contribution in [0.4, 0.5) is 0 Å². The topological polar surface area (TPSA) is 72.6 Å². The van der Waals surface area contributed by atoms with Crippen LogP contribution in [0.5, 0.6) is 0 Å². The predicted octanol–water partition coefficient (Wildman–Crippen LogP) is 1.55. The van der Waals surface area contributed by atoms with Gasteiger partial charge in [-0.3, -0.25) is 9.59 Å². The number of carbonyl (C=O) groups excluding carboxylic acids is 2. The molecule has 1 aliphatic heterocycles. The molecule has 5 nitrogen and oxygen atoms in total. The van der Waals surface area contributed by atoms with E-state index in [0.29, 0.717) is 19.7 Å². The summed E-state index contributed by atoms with van der Waals surface area (Å²) in [4.78, 5) is 26.7. The van der Waals surface area contributed by atoms with E-state index in [2.05, 4.69) is 0 Å². The Balaban J connectivity index is 1.98. The minimum absolute atomic E-state index is 0.110. The van der Waals surface area contributed by atoms with Gasteiger partial charge in [-0.25, -0.2) is 0 Å². The fourth-order valence-electron chi connectivity index (χ4n) is 2.42. The molecule has 1 aromatic rings. The van der Waals surface area contributed by atoms with E-state index in [1.165, 1.54) is 11.3 Å². The summed E-state index contributed by atoms with van der Waals surface area (Å²) in [5.41, 5.74) is 6.00. The lowest BCUT2D eigenvalue weighted by molar-refractivity contribution is -0.151. The van der Waals surface area contributed by atoms with Crippen molar-refractivity contribution in [3.05, 3.63) is 22.4 Å². The number of rotatable bonds is 4. The molecule has 0 saturated carbocycles. The first-order chi connectivity index (χ1) is 9.63. The number of nitrogens with two attached hydrogens (primary N) is 1.